The Morgan fingerprint density at radius 2 is 1.75 bits per heavy atom. The minimum absolute atomic E-state index is 0.0473. The van der Waals surface area contributed by atoms with Gasteiger partial charge in [0.05, 0.1) is 13.2 Å². The molecule has 24 heavy (non-hydrogen) atoms. The van der Waals surface area contributed by atoms with E-state index in [-0.39, 0.29) is 19.2 Å². The molecule has 132 valence electrons. The Kier molecular flexibility index (Phi) is 16.4. The fraction of sp³-hybridized carbons (Fsp3) is 0.263. The van der Waals surface area contributed by atoms with E-state index in [0.717, 1.165) is 6.08 Å². The highest BCUT2D eigenvalue weighted by atomic mass is 16.5. The molecular weight excluding hydrogens is 308 g/mol. The van der Waals surface area contributed by atoms with E-state index >= 15 is 0 Å². The van der Waals surface area contributed by atoms with Gasteiger partial charge in [0, 0.05) is 11.6 Å². The Labute approximate surface area is 143 Å². The molecule has 0 aromatic heterocycles. The number of hydrogen-bond acceptors (Lipinski definition) is 5. The molecule has 1 aromatic rings. The van der Waals surface area contributed by atoms with Gasteiger partial charge in [-0.2, -0.15) is 0 Å². The first kappa shape index (κ1) is 23.6. The molecule has 0 aliphatic rings. The predicted molar refractivity (Wildman–Crippen MR) is 96.2 cm³/mol. The molecule has 1 aromatic carbocycles. The molecule has 0 heterocycles. The molecule has 0 fully saturated rings. The number of hydrogen-bond donors (Lipinski definition) is 1. The first-order valence-electron chi connectivity index (χ1n) is 7.33. The van der Waals surface area contributed by atoms with Crippen LogP contribution in [-0.2, 0) is 19.1 Å². The molecule has 5 nitrogen and oxygen atoms in total. The second kappa shape index (κ2) is 16.7. The first-order valence-corrected chi connectivity index (χ1v) is 7.33. The SMILES string of the molecule is C=C(C)C(=O)OCCO.C=CC(=O)OCC.C=Cc1ccccc1. The van der Waals surface area contributed by atoms with Gasteiger partial charge in [0.2, 0.25) is 0 Å². The van der Waals surface area contributed by atoms with E-state index in [9.17, 15) is 9.59 Å². The van der Waals surface area contributed by atoms with Crippen LogP contribution < -0.4 is 0 Å². The Balaban J connectivity index is 0. The third kappa shape index (κ3) is 15.7. The number of aliphatic hydroxyl groups excluding tert-OH is 1. The van der Waals surface area contributed by atoms with Gasteiger partial charge in [-0.05, 0) is 19.4 Å². The van der Waals surface area contributed by atoms with Crippen LogP contribution in [0.4, 0.5) is 0 Å². The van der Waals surface area contributed by atoms with Gasteiger partial charge in [-0.15, -0.1) is 0 Å². The van der Waals surface area contributed by atoms with Crippen molar-refractivity contribution in [3.63, 3.8) is 0 Å². The molecular formula is C19H26O5. The molecule has 0 bridgehead atoms. The van der Waals surface area contributed by atoms with Crippen molar-refractivity contribution in [1.82, 2.24) is 0 Å². The minimum Gasteiger partial charge on any atom is -0.463 e. The Morgan fingerprint density at radius 3 is 2.04 bits per heavy atom. The van der Waals surface area contributed by atoms with Crippen molar-refractivity contribution < 1.29 is 24.2 Å². The molecule has 0 aliphatic carbocycles. The van der Waals surface area contributed by atoms with Crippen LogP contribution >= 0.6 is 0 Å². The van der Waals surface area contributed by atoms with Crippen molar-refractivity contribution in [1.29, 1.82) is 0 Å². The van der Waals surface area contributed by atoms with Crippen molar-refractivity contribution in [3.8, 4) is 0 Å². The molecule has 0 saturated heterocycles. The largest absolute Gasteiger partial charge is 0.463 e. The zero-order valence-corrected chi connectivity index (χ0v) is 14.4. The number of esters is 2. The zero-order chi connectivity index (χ0) is 18.8. The van der Waals surface area contributed by atoms with E-state index < -0.39 is 5.97 Å². The van der Waals surface area contributed by atoms with Crippen LogP contribution in [0.25, 0.3) is 6.08 Å². The van der Waals surface area contributed by atoms with Crippen molar-refractivity contribution in [3.05, 3.63) is 67.3 Å². The molecule has 0 spiro atoms. The van der Waals surface area contributed by atoms with Crippen LogP contribution in [0.3, 0.4) is 0 Å². The third-order valence-corrected chi connectivity index (χ3v) is 2.16. The molecule has 1 rings (SSSR count). The van der Waals surface area contributed by atoms with Crippen LogP contribution in [0.2, 0.25) is 0 Å². The summed E-state index contributed by atoms with van der Waals surface area (Å²) in [5.41, 5.74) is 1.52. The summed E-state index contributed by atoms with van der Waals surface area (Å²) in [5.74, 6) is -0.813. The molecule has 0 saturated carbocycles. The van der Waals surface area contributed by atoms with Crippen molar-refractivity contribution in [2.45, 2.75) is 13.8 Å². The summed E-state index contributed by atoms with van der Waals surface area (Å²) in [5, 5.41) is 8.19. The van der Waals surface area contributed by atoms with Gasteiger partial charge in [-0.1, -0.05) is 56.1 Å². The smallest absolute Gasteiger partial charge is 0.333 e. The zero-order valence-electron chi connectivity index (χ0n) is 14.4. The summed E-state index contributed by atoms with van der Waals surface area (Å²) >= 11 is 0. The van der Waals surface area contributed by atoms with Crippen molar-refractivity contribution >= 4 is 18.0 Å². The Hall–Kier alpha value is -2.66. The van der Waals surface area contributed by atoms with Crippen LogP contribution in [-0.4, -0.2) is 36.9 Å². The maximum atomic E-state index is 10.5. The summed E-state index contributed by atoms with van der Waals surface area (Å²) < 4.78 is 8.90. The fourth-order valence-corrected chi connectivity index (χ4v) is 1.05. The van der Waals surface area contributed by atoms with Gasteiger partial charge in [-0.3, -0.25) is 0 Å². The van der Waals surface area contributed by atoms with E-state index in [1.165, 1.54) is 5.56 Å². The quantitative estimate of drug-likeness (QED) is 0.639. The molecule has 0 atom stereocenters. The van der Waals surface area contributed by atoms with Crippen LogP contribution in [0.5, 0.6) is 0 Å². The standard InChI is InChI=1S/C8H8.C6H10O3.C5H8O2/c1-2-8-6-4-3-5-7-8;1-5(2)6(8)9-4-3-7;1-3-5(6)7-4-2/h2-7H,1H2;7H,1,3-4H2,2H3;3H,1,4H2,2H3. The Bertz CT molecular complexity index is 506. The number of aliphatic hydroxyl groups is 1. The fourth-order valence-electron chi connectivity index (χ4n) is 1.05. The predicted octanol–water partition coefficient (Wildman–Crippen LogP) is 3.16. The van der Waals surface area contributed by atoms with Gasteiger partial charge >= 0.3 is 11.9 Å². The summed E-state index contributed by atoms with van der Waals surface area (Å²) in [4.78, 5) is 20.5. The molecule has 1 N–H and O–H groups in total. The van der Waals surface area contributed by atoms with Crippen LogP contribution in [0, 0.1) is 0 Å². The minimum atomic E-state index is -0.455. The molecule has 5 heteroatoms. The topological polar surface area (TPSA) is 72.8 Å². The second-order valence-electron chi connectivity index (χ2n) is 4.21. The number of carbonyl (C=O) groups excluding carboxylic acids is 2. The average Bonchev–Trinajstić information content (AvgIpc) is 2.61. The van der Waals surface area contributed by atoms with E-state index in [4.69, 9.17) is 5.11 Å². The number of carbonyl (C=O) groups is 2. The summed E-state index contributed by atoms with van der Waals surface area (Å²) in [6, 6.07) is 10.0. The summed E-state index contributed by atoms with van der Waals surface area (Å²) in [6.45, 7) is 13.8. The maximum Gasteiger partial charge on any atom is 0.333 e. The summed E-state index contributed by atoms with van der Waals surface area (Å²) in [7, 11) is 0. The van der Waals surface area contributed by atoms with Crippen LogP contribution in [0.1, 0.15) is 19.4 Å². The average molecular weight is 334 g/mol. The van der Waals surface area contributed by atoms with Gasteiger partial charge in [0.25, 0.3) is 0 Å². The number of benzene rings is 1. The van der Waals surface area contributed by atoms with Gasteiger partial charge in [-0.25, -0.2) is 9.59 Å². The first-order chi connectivity index (χ1) is 11.4. The lowest BCUT2D eigenvalue weighted by atomic mass is 10.2. The molecule has 0 amide bonds. The van der Waals surface area contributed by atoms with Crippen molar-refractivity contribution in [2.24, 2.45) is 0 Å². The van der Waals surface area contributed by atoms with Gasteiger partial charge < -0.3 is 14.6 Å². The van der Waals surface area contributed by atoms with Crippen LogP contribution in [0.15, 0.2) is 61.7 Å². The lowest BCUT2D eigenvalue weighted by Gasteiger charge is -1.99. The number of rotatable bonds is 6. The lowest BCUT2D eigenvalue weighted by molar-refractivity contribution is -0.140. The highest BCUT2D eigenvalue weighted by Gasteiger charge is 1.99. The third-order valence-electron chi connectivity index (χ3n) is 2.16. The van der Waals surface area contributed by atoms with Gasteiger partial charge in [0.15, 0.2) is 0 Å². The lowest BCUT2D eigenvalue weighted by Crippen LogP contribution is -2.08. The summed E-state index contributed by atoms with van der Waals surface area (Å²) in [6.07, 6.45) is 2.98. The molecule has 0 aliphatic heterocycles. The van der Waals surface area contributed by atoms with Gasteiger partial charge in [0.1, 0.15) is 6.61 Å². The second-order valence-corrected chi connectivity index (χ2v) is 4.21. The maximum absolute atomic E-state index is 10.5. The van der Waals surface area contributed by atoms with E-state index in [2.05, 4.69) is 29.2 Å². The van der Waals surface area contributed by atoms with Crippen molar-refractivity contribution in [2.75, 3.05) is 19.8 Å². The highest BCUT2D eigenvalue weighted by Crippen LogP contribution is 1.97. The Morgan fingerprint density at radius 1 is 1.17 bits per heavy atom. The van der Waals surface area contributed by atoms with E-state index in [1.54, 1.807) is 13.8 Å². The normalized spacial score (nSPS) is 8.29. The number of ether oxygens (including phenoxy) is 2. The molecule has 0 unspecified atom stereocenters. The van der Waals surface area contributed by atoms with E-state index in [0.29, 0.717) is 12.2 Å². The highest BCUT2D eigenvalue weighted by molar-refractivity contribution is 5.86. The molecule has 0 radical (unpaired) electrons. The van der Waals surface area contributed by atoms with E-state index in [1.807, 2.05) is 36.4 Å². The monoisotopic (exact) mass is 334 g/mol.